The summed E-state index contributed by atoms with van der Waals surface area (Å²) in [4.78, 5) is 12.9. The number of benzene rings is 3. The Morgan fingerprint density at radius 1 is 0.941 bits per heavy atom. The number of amides is 1. The minimum absolute atomic E-state index is 0.249. The van der Waals surface area contributed by atoms with Crippen LogP contribution in [0.5, 0.6) is 0 Å². The van der Waals surface area contributed by atoms with Crippen molar-refractivity contribution in [3.63, 3.8) is 0 Å². The summed E-state index contributed by atoms with van der Waals surface area (Å²) in [5.41, 5.74) is 4.29. The molecule has 0 spiro atoms. The van der Waals surface area contributed by atoms with Crippen LogP contribution in [0, 0.1) is 0 Å². The molecule has 0 aliphatic rings. The number of nitrogens with zero attached hydrogens (tertiary/aromatic N) is 2. The first-order chi connectivity index (χ1) is 16.3. The van der Waals surface area contributed by atoms with Gasteiger partial charge in [-0.1, -0.05) is 60.7 Å². The Bertz CT molecular complexity index is 1410. The van der Waals surface area contributed by atoms with Crippen LogP contribution in [0.25, 0.3) is 23.0 Å². The van der Waals surface area contributed by atoms with Crippen LogP contribution >= 0.6 is 0 Å². The van der Waals surface area contributed by atoms with Gasteiger partial charge in [0.2, 0.25) is 5.91 Å². The summed E-state index contributed by atoms with van der Waals surface area (Å²) < 4.78 is 25.1. The Labute approximate surface area is 199 Å². The second kappa shape index (κ2) is 9.89. The predicted molar refractivity (Wildman–Crippen MR) is 134 cm³/mol. The molecule has 172 valence electrons. The molecule has 1 heterocycles. The number of sulfone groups is 1. The quantitative estimate of drug-likeness (QED) is 0.391. The van der Waals surface area contributed by atoms with Gasteiger partial charge in [-0.05, 0) is 42.8 Å². The summed E-state index contributed by atoms with van der Waals surface area (Å²) in [6, 6.07) is 25.8. The van der Waals surface area contributed by atoms with Crippen LogP contribution in [0.15, 0.2) is 102 Å². The maximum absolute atomic E-state index is 12.6. The number of hydrogen-bond donors (Lipinski definition) is 1. The second-order valence-corrected chi connectivity index (χ2v) is 10.00. The lowest BCUT2D eigenvalue weighted by Gasteiger charge is -2.13. The minimum atomic E-state index is -3.26. The summed E-state index contributed by atoms with van der Waals surface area (Å²) in [7, 11) is -3.26. The van der Waals surface area contributed by atoms with E-state index in [2.05, 4.69) is 5.32 Å². The molecule has 0 aliphatic heterocycles. The van der Waals surface area contributed by atoms with Gasteiger partial charge in [0.25, 0.3) is 0 Å². The van der Waals surface area contributed by atoms with Gasteiger partial charge in [0.05, 0.1) is 22.3 Å². The van der Waals surface area contributed by atoms with Crippen molar-refractivity contribution in [1.82, 2.24) is 15.1 Å². The standard InChI is InChI=1S/C27H25N3O3S/c1-20(21-13-16-25(17-14-21)34(2,32)33)28-26(31)18-15-23-19-30(24-11-7-4-8-12-24)29-27(23)22-9-5-3-6-10-22/h3-20H,1-2H3,(H,28,31)/b18-15+. The van der Waals surface area contributed by atoms with Gasteiger partial charge in [-0.15, -0.1) is 0 Å². The van der Waals surface area contributed by atoms with Crippen LogP contribution in [0.1, 0.15) is 24.1 Å². The van der Waals surface area contributed by atoms with Crippen molar-refractivity contribution in [1.29, 1.82) is 0 Å². The van der Waals surface area contributed by atoms with Gasteiger partial charge in [-0.25, -0.2) is 13.1 Å². The SMILES string of the molecule is CC(NC(=O)/C=C/c1cn(-c2ccccc2)nc1-c1ccccc1)c1ccc(S(C)(=O)=O)cc1. The molecular formula is C27H25N3O3S. The minimum Gasteiger partial charge on any atom is -0.346 e. The van der Waals surface area contributed by atoms with Crippen molar-refractivity contribution in [2.45, 2.75) is 17.9 Å². The van der Waals surface area contributed by atoms with Crippen molar-refractivity contribution in [2.75, 3.05) is 6.26 Å². The predicted octanol–water partition coefficient (Wildman–Crippen LogP) is 4.83. The number of hydrogen-bond acceptors (Lipinski definition) is 4. The van der Waals surface area contributed by atoms with E-state index in [0.717, 1.165) is 28.1 Å². The average molecular weight is 472 g/mol. The third-order valence-corrected chi connectivity index (χ3v) is 6.52. The Morgan fingerprint density at radius 2 is 1.56 bits per heavy atom. The third-order valence-electron chi connectivity index (χ3n) is 5.39. The molecule has 1 atom stereocenters. The van der Waals surface area contributed by atoms with E-state index in [9.17, 15) is 13.2 Å². The van der Waals surface area contributed by atoms with Crippen molar-refractivity contribution in [2.24, 2.45) is 0 Å². The van der Waals surface area contributed by atoms with E-state index in [1.54, 1.807) is 35.0 Å². The van der Waals surface area contributed by atoms with E-state index in [0.29, 0.717) is 0 Å². The first kappa shape index (κ1) is 23.2. The summed E-state index contributed by atoms with van der Waals surface area (Å²) >= 11 is 0. The fraction of sp³-hybridized carbons (Fsp3) is 0.111. The molecule has 3 aromatic carbocycles. The highest BCUT2D eigenvalue weighted by atomic mass is 32.2. The van der Waals surface area contributed by atoms with Gasteiger partial charge in [0.1, 0.15) is 0 Å². The van der Waals surface area contributed by atoms with Gasteiger partial charge in [0, 0.05) is 29.7 Å². The summed E-state index contributed by atoms with van der Waals surface area (Å²) in [5.74, 6) is -0.258. The van der Waals surface area contributed by atoms with Gasteiger partial charge in [-0.2, -0.15) is 5.10 Å². The number of rotatable bonds is 7. The molecule has 0 radical (unpaired) electrons. The van der Waals surface area contributed by atoms with Gasteiger partial charge < -0.3 is 5.32 Å². The molecule has 0 saturated heterocycles. The van der Waals surface area contributed by atoms with E-state index < -0.39 is 9.84 Å². The third kappa shape index (κ3) is 5.50. The van der Waals surface area contributed by atoms with E-state index in [1.165, 1.54) is 12.3 Å². The lowest BCUT2D eigenvalue weighted by Crippen LogP contribution is -2.24. The highest BCUT2D eigenvalue weighted by Gasteiger charge is 2.13. The van der Waals surface area contributed by atoms with Crippen LogP contribution in [-0.2, 0) is 14.6 Å². The number of carbonyl (C=O) groups is 1. The van der Waals surface area contributed by atoms with Gasteiger partial charge in [-0.3, -0.25) is 4.79 Å². The molecule has 0 fully saturated rings. The fourth-order valence-corrected chi connectivity index (χ4v) is 4.19. The van der Waals surface area contributed by atoms with Crippen LogP contribution < -0.4 is 5.32 Å². The number of para-hydroxylation sites is 1. The largest absolute Gasteiger partial charge is 0.346 e. The highest BCUT2D eigenvalue weighted by Crippen LogP contribution is 2.25. The highest BCUT2D eigenvalue weighted by molar-refractivity contribution is 7.90. The number of aromatic nitrogens is 2. The van der Waals surface area contributed by atoms with Gasteiger partial charge in [0.15, 0.2) is 9.84 Å². The molecule has 0 bridgehead atoms. The van der Waals surface area contributed by atoms with Crippen LogP contribution in [0.2, 0.25) is 0 Å². The van der Waals surface area contributed by atoms with Crippen LogP contribution in [0.4, 0.5) is 0 Å². The van der Waals surface area contributed by atoms with Gasteiger partial charge >= 0.3 is 0 Å². The second-order valence-electron chi connectivity index (χ2n) is 7.98. The molecule has 6 nitrogen and oxygen atoms in total. The topological polar surface area (TPSA) is 81.1 Å². The summed E-state index contributed by atoms with van der Waals surface area (Å²) in [6.07, 6.45) is 6.31. The fourth-order valence-electron chi connectivity index (χ4n) is 3.56. The molecule has 1 N–H and O–H groups in total. The van der Waals surface area contributed by atoms with Crippen LogP contribution in [-0.4, -0.2) is 30.4 Å². The lowest BCUT2D eigenvalue weighted by atomic mass is 10.1. The van der Waals surface area contributed by atoms with Crippen LogP contribution in [0.3, 0.4) is 0 Å². The maximum Gasteiger partial charge on any atom is 0.244 e. The number of carbonyl (C=O) groups excluding carboxylic acids is 1. The summed E-state index contributed by atoms with van der Waals surface area (Å²) in [6.45, 7) is 1.85. The molecule has 7 heteroatoms. The van der Waals surface area contributed by atoms with Crippen molar-refractivity contribution in [3.8, 4) is 16.9 Å². The van der Waals surface area contributed by atoms with E-state index >= 15 is 0 Å². The first-order valence-corrected chi connectivity index (χ1v) is 12.7. The Hall–Kier alpha value is -3.97. The molecule has 4 rings (SSSR count). The van der Waals surface area contributed by atoms with Crippen molar-refractivity contribution < 1.29 is 13.2 Å². The molecule has 1 aromatic heterocycles. The molecular weight excluding hydrogens is 446 g/mol. The normalized spacial score (nSPS) is 12.5. The molecule has 0 saturated carbocycles. The molecule has 1 unspecified atom stereocenters. The smallest absolute Gasteiger partial charge is 0.244 e. The summed E-state index contributed by atoms with van der Waals surface area (Å²) in [5, 5.41) is 7.67. The van der Waals surface area contributed by atoms with Crippen molar-refractivity contribution in [3.05, 3.63) is 108 Å². The molecule has 34 heavy (non-hydrogen) atoms. The Morgan fingerprint density at radius 3 is 2.18 bits per heavy atom. The van der Waals surface area contributed by atoms with E-state index in [1.807, 2.05) is 73.8 Å². The van der Waals surface area contributed by atoms with E-state index in [-0.39, 0.29) is 16.8 Å². The monoisotopic (exact) mass is 471 g/mol. The van der Waals surface area contributed by atoms with Crippen molar-refractivity contribution >= 4 is 21.8 Å². The lowest BCUT2D eigenvalue weighted by molar-refractivity contribution is -0.117. The average Bonchev–Trinajstić information content (AvgIpc) is 3.28. The first-order valence-electron chi connectivity index (χ1n) is 10.8. The zero-order valence-corrected chi connectivity index (χ0v) is 19.7. The molecule has 1 amide bonds. The van der Waals surface area contributed by atoms with E-state index in [4.69, 9.17) is 5.10 Å². The Kier molecular flexibility index (Phi) is 6.75. The Balaban J connectivity index is 1.54. The zero-order chi connectivity index (χ0) is 24.1. The molecule has 0 aliphatic carbocycles. The number of nitrogens with one attached hydrogen (secondary N) is 1. The zero-order valence-electron chi connectivity index (χ0n) is 18.9. The molecule has 4 aromatic rings. The maximum atomic E-state index is 12.6.